The van der Waals surface area contributed by atoms with Crippen molar-refractivity contribution in [3.05, 3.63) is 95.1 Å². The van der Waals surface area contributed by atoms with Crippen LogP contribution < -0.4 is 0 Å². The Bertz CT molecular complexity index is 1170. The van der Waals surface area contributed by atoms with Gasteiger partial charge in [-0.25, -0.2) is 4.39 Å². The number of benzene rings is 2. The van der Waals surface area contributed by atoms with E-state index in [1.54, 1.807) is 4.90 Å². The molecule has 3 aromatic rings. The maximum absolute atomic E-state index is 13.7. The first kappa shape index (κ1) is 28.2. The second-order valence-corrected chi connectivity index (χ2v) is 10.2. The van der Waals surface area contributed by atoms with Crippen LogP contribution in [0.1, 0.15) is 67.7 Å². The average molecular weight is 506 g/mol. The van der Waals surface area contributed by atoms with Crippen LogP contribution in [0.4, 0.5) is 4.39 Å². The van der Waals surface area contributed by atoms with Crippen LogP contribution in [0.5, 0.6) is 0 Å². The van der Waals surface area contributed by atoms with E-state index in [1.807, 2.05) is 36.2 Å². The molecule has 6 heteroatoms. The van der Waals surface area contributed by atoms with Gasteiger partial charge in [0.05, 0.1) is 6.54 Å². The number of aromatic nitrogens is 1. The molecule has 1 atom stereocenters. The van der Waals surface area contributed by atoms with Crippen molar-refractivity contribution < 1.29 is 14.0 Å². The van der Waals surface area contributed by atoms with Gasteiger partial charge in [-0.3, -0.25) is 9.59 Å². The average Bonchev–Trinajstić information content (AvgIpc) is 3.32. The van der Waals surface area contributed by atoms with Crippen molar-refractivity contribution in [2.24, 2.45) is 5.92 Å². The Morgan fingerprint density at radius 3 is 2.32 bits per heavy atom. The molecular weight excluding hydrogens is 465 g/mol. The summed E-state index contributed by atoms with van der Waals surface area (Å²) in [6.07, 6.45) is 3.64. The summed E-state index contributed by atoms with van der Waals surface area (Å²) in [5.74, 6) is -0.342. The monoisotopic (exact) mass is 505 g/mol. The Kier molecular flexibility index (Phi) is 10.1. The maximum Gasteiger partial charge on any atom is 0.254 e. The largest absolute Gasteiger partial charge is 0.345 e. The highest BCUT2D eigenvalue weighted by Crippen LogP contribution is 2.17. The summed E-state index contributed by atoms with van der Waals surface area (Å²) in [6, 6.07) is 17.9. The van der Waals surface area contributed by atoms with Crippen molar-refractivity contribution >= 4 is 11.8 Å². The highest BCUT2D eigenvalue weighted by Gasteiger charge is 2.26. The second kappa shape index (κ2) is 13.2. The Hall–Kier alpha value is -3.41. The minimum absolute atomic E-state index is 0.00816. The van der Waals surface area contributed by atoms with Gasteiger partial charge in [-0.1, -0.05) is 45.0 Å². The van der Waals surface area contributed by atoms with Gasteiger partial charge in [0.25, 0.3) is 5.91 Å². The minimum Gasteiger partial charge on any atom is -0.345 e. The van der Waals surface area contributed by atoms with Crippen LogP contribution in [-0.2, 0) is 17.9 Å². The zero-order chi connectivity index (χ0) is 26.9. The molecule has 198 valence electrons. The predicted molar refractivity (Wildman–Crippen MR) is 147 cm³/mol. The van der Waals surface area contributed by atoms with Gasteiger partial charge < -0.3 is 14.4 Å². The predicted octanol–water partition coefficient (Wildman–Crippen LogP) is 6.30. The summed E-state index contributed by atoms with van der Waals surface area (Å²) in [7, 11) is 0. The first-order valence-electron chi connectivity index (χ1n) is 13.2. The molecule has 2 aromatic carbocycles. The lowest BCUT2D eigenvalue weighted by molar-refractivity contribution is -0.134. The van der Waals surface area contributed by atoms with E-state index in [0.717, 1.165) is 25.1 Å². The van der Waals surface area contributed by atoms with E-state index in [1.165, 1.54) is 35.4 Å². The Labute approximate surface area is 220 Å². The van der Waals surface area contributed by atoms with Gasteiger partial charge in [0.1, 0.15) is 12.4 Å². The molecule has 0 spiro atoms. The fourth-order valence-electron chi connectivity index (χ4n) is 4.30. The molecule has 0 aliphatic carbocycles. The molecule has 0 aliphatic rings. The highest BCUT2D eigenvalue weighted by atomic mass is 19.1. The van der Waals surface area contributed by atoms with Gasteiger partial charge in [0, 0.05) is 36.6 Å². The molecule has 0 bridgehead atoms. The summed E-state index contributed by atoms with van der Waals surface area (Å²) in [5, 5.41) is 0. The Morgan fingerprint density at radius 1 is 0.973 bits per heavy atom. The molecule has 0 N–H and O–H groups in total. The van der Waals surface area contributed by atoms with E-state index in [9.17, 15) is 14.0 Å². The third kappa shape index (κ3) is 7.78. The fourth-order valence-corrected chi connectivity index (χ4v) is 4.30. The molecule has 0 aliphatic heterocycles. The van der Waals surface area contributed by atoms with Gasteiger partial charge in [-0.15, -0.1) is 0 Å². The lowest BCUT2D eigenvalue weighted by atomic mass is 10.1. The van der Waals surface area contributed by atoms with Crippen molar-refractivity contribution in [3.63, 3.8) is 0 Å². The van der Waals surface area contributed by atoms with E-state index in [2.05, 4.69) is 50.5 Å². The van der Waals surface area contributed by atoms with Gasteiger partial charge in [0.15, 0.2) is 0 Å². The Balaban J connectivity index is 1.80. The molecule has 1 unspecified atom stereocenters. The van der Waals surface area contributed by atoms with Crippen LogP contribution in [0.15, 0.2) is 66.9 Å². The maximum atomic E-state index is 13.7. The summed E-state index contributed by atoms with van der Waals surface area (Å²) in [4.78, 5) is 30.5. The summed E-state index contributed by atoms with van der Waals surface area (Å²) >= 11 is 0. The van der Waals surface area contributed by atoms with Crippen LogP contribution in [0, 0.1) is 18.7 Å². The molecule has 0 saturated carbocycles. The molecule has 2 amide bonds. The lowest BCUT2D eigenvalue weighted by Crippen LogP contribution is -2.46. The number of carbonyl (C=O) groups is 2. The molecule has 1 aromatic heterocycles. The lowest BCUT2D eigenvalue weighted by Gasteiger charge is -2.32. The molecule has 0 fully saturated rings. The van der Waals surface area contributed by atoms with Crippen LogP contribution >= 0.6 is 0 Å². The van der Waals surface area contributed by atoms with E-state index in [0.29, 0.717) is 24.6 Å². The van der Waals surface area contributed by atoms with E-state index >= 15 is 0 Å². The van der Waals surface area contributed by atoms with Gasteiger partial charge in [-0.05, 0) is 80.1 Å². The molecule has 5 nitrogen and oxygen atoms in total. The van der Waals surface area contributed by atoms with Crippen molar-refractivity contribution in [1.82, 2.24) is 14.4 Å². The van der Waals surface area contributed by atoms with Crippen molar-refractivity contribution in [1.29, 1.82) is 0 Å². The summed E-state index contributed by atoms with van der Waals surface area (Å²) in [6.45, 7) is 12.1. The van der Waals surface area contributed by atoms with Crippen LogP contribution in [0.25, 0.3) is 0 Å². The number of amides is 2. The molecule has 3 rings (SSSR count). The number of rotatable bonds is 12. The normalized spacial score (nSPS) is 12.0. The van der Waals surface area contributed by atoms with E-state index in [4.69, 9.17) is 0 Å². The van der Waals surface area contributed by atoms with Crippen molar-refractivity contribution in [2.45, 2.75) is 66.6 Å². The molecule has 0 radical (unpaired) electrons. The zero-order valence-corrected chi connectivity index (χ0v) is 22.8. The number of halogens is 1. The quantitative estimate of drug-likeness (QED) is 0.290. The molecule has 0 saturated heterocycles. The number of hydrogen-bond donors (Lipinski definition) is 0. The van der Waals surface area contributed by atoms with E-state index < -0.39 is 5.82 Å². The van der Waals surface area contributed by atoms with Crippen LogP contribution in [0.2, 0.25) is 0 Å². The van der Waals surface area contributed by atoms with Crippen LogP contribution in [0.3, 0.4) is 0 Å². The summed E-state index contributed by atoms with van der Waals surface area (Å²) in [5.41, 5.74) is 3.92. The van der Waals surface area contributed by atoms with Crippen LogP contribution in [-0.4, -0.2) is 45.3 Å². The third-order valence-corrected chi connectivity index (χ3v) is 6.98. The third-order valence-electron chi connectivity index (χ3n) is 6.98. The highest BCUT2D eigenvalue weighted by molar-refractivity contribution is 5.96. The smallest absolute Gasteiger partial charge is 0.254 e. The number of aryl methyl sites for hydroxylation is 1. The first-order valence-corrected chi connectivity index (χ1v) is 13.2. The van der Waals surface area contributed by atoms with Crippen molar-refractivity contribution in [2.75, 3.05) is 13.1 Å². The summed E-state index contributed by atoms with van der Waals surface area (Å²) < 4.78 is 15.6. The SMILES string of the molecule is CCC(C)N(Cc1cccn1Cc1ccccc1C)C(=O)CN(CCC(C)C)C(=O)c1ccc(F)cc1. The number of nitrogens with zero attached hydrogens (tertiary/aromatic N) is 3. The second-order valence-electron chi connectivity index (χ2n) is 10.2. The van der Waals surface area contributed by atoms with E-state index in [-0.39, 0.29) is 24.4 Å². The topological polar surface area (TPSA) is 45.6 Å². The standard InChI is InChI=1S/C31H40FN3O2/c1-6-25(5)35(21-29-12-9-18-33(29)20-27-11-8-7-10-24(27)4)30(36)22-34(19-17-23(2)3)31(37)26-13-15-28(32)16-14-26/h7-16,18,23,25H,6,17,19-22H2,1-5H3. The first-order chi connectivity index (χ1) is 17.7. The molecule has 37 heavy (non-hydrogen) atoms. The number of carbonyl (C=O) groups excluding carboxylic acids is 2. The Morgan fingerprint density at radius 2 is 1.68 bits per heavy atom. The van der Waals surface area contributed by atoms with Gasteiger partial charge in [0.2, 0.25) is 5.91 Å². The molecule has 1 heterocycles. The fraction of sp³-hybridized carbons (Fsp3) is 0.419. The number of hydrogen-bond acceptors (Lipinski definition) is 2. The van der Waals surface area contributed by atoms with Gasteiger partial charge in [-0.2, -0.15) is 0 Å². The zero-order valence-electron chi connectivity index (χ0n) is 22.8. The van der Waals surface area contributed by atoms with Gasteiger partial charge >= 0.3 is 0 Å². The minimum atomic E-state index is -0.391. The molecular formula is C31H40FN3O2. The van der Waals surface area contributed by atoms with Crippen molar-refractivity contribution in [3.8, 4) is 0 Å².